The van der Waals surface area contributed by atoms with Gasteiger partial charge in [0, 0.05) is 26.4 Å². The molecule has 0 aliphatic rings. The van der Waals surface area contributed by atoms with Crippen molar-refractivity contribution in [3.05, 3.63) is 59.8 Å². The van der Waals surface area contributed by atoms with Crippen LogP contribution in [-0.4, -0.2) is 37.7 Å². The average Bonchev–Trinajstić information content (AvgIpc) is 2.53. The normalized spacial score (nSPS) is 11.8. The van der Waals surface area contributed by atoms with Crippen molar-refractivity contribution in [3.8, 4) is 0 Å². The number of carbonyl (C=O) groups is 1. The molecule has 1 aromatic heterocycles. The minimum absolute atomic E-state index is 0.207. The van der Waals surface area contributed by atoms with Crippen LogP contribution in [0.3, 0.4) is 0 Å². The van der Waals surface area contributed by atoms with Gasteiger partial charge in [-0.2, -0.15) is 0 Å². The van der Waals surface area contributed by atoms with Crippen LogP contribution in [-0.2, 0) is 14.8 Å². The summed E-state index contributed by atoms with van der Waals surface area (Å²) in [5.74, 6) is 0.176. The number of anilines is 1. The first-order valence-corrected chi connectivity index (χ1v) is 8.67. The Kier molecular flexibility index (Phi) is 5.48. The Morgan fingerprint density at radius 1 is 1.17 bits per heavy atom. The van der Waals surface area contributed by atoms with Gasteiger partial charge in [-0.05, 0) is 48.4 Å². The summed E-state index contributed by atoms with van der Waals surface area (Å²) in [6.45, 7) is 1.91. The zero-order valence-electron chi connectivity index (χ0n) is 13.7. The van der Waals surface area contributed by atoms with Crippen molar-refractivity contribution in [1.82, 2.24) is 9.29 Å². The fraction of sp³-hybridized carbons (Fsp3) is 0.176. The van der Waals surface area contributed by atoms with Gasteiger partial charge in [0.2, 0.25) is 15.9 Å². The largest absolute Gasteiger partial charge is 0.307 e. The molecule has 0 radical (unpaired) electrons. The zero-order chi connectivity index (χ0) is 17.7. The SMILES string of the molecule is Cc1ccnc(NC(=O)C=Cc2ccc(S(=O)(=O)N(C)C)cc2)c1. The summed E-state index contributed by atoms with van der Waals surface area (Å²) >= 11 is 0. The molecule has 1 amide bonds. The van der Waals surface area contributed by atoms with Gasteiger partial charge in [0.25, 0.3) is 0 Å². The topological polar surface area (TPSA) is 79.4 Å². The second kappa shape index (κ2) is 7.37. The number of hydrogen-bond acceptors (Lipinski definition) is 4. The standard InChI is InChI=1S/C17H19N3O3S/c1-13-10-11-18-16(12-13)19-17(21)9-6-14-4-7-15(8-5-14)24(22,23)20(2)3/h4-12H,1-3H3,(H,18,19,21). The van der Waals surface area contributed by atoms with E-state index in [9.17, 15) is 13.2 Å². The van der Waals surface area contributed by atoms with Crippen molar-refractivity contribution in [2.75, 3.05) is 19.4 Å². The van der Waals surface area contributed by atoms with E-state index in [-0.39, 0.29) is 10.8 Å². The Bertz CT molecular complexity index is 857. The van der Waals surface area contributed by atoms with E-state index in [4.69, 9.17) is 0 Å². The number of nitrogens with zero attached hydrogens (tertiary/aromatic N) is 2. The molecular weight excluding hydrogens is 326 g/mol. The minimum Gasteiger partial charge on any atom is -0.307 e. The highest BCUT2D eigenvalue weighted by atomic mass is 32.2. The monoisotopic (exact) mass is 345 g/mol. The molecule has 6 nitrogen and oxygen atoms in total. The molecule has 0 bridgehead atoms. The first-order chi connectivity index (χ1) is 11.3. The summed E-state index contributed by atoms with van der Waals surface area (Å²) in [6, 6.07) is 9.92. The lowest BCUT2D eigenvalue weighted by molar-refractivity contribution is -0.111. The van der Waals surface area contributed by atoms with Gasteiger partial charge in [-0.25, -0.2) is 17.7 Å². The van der Waals surface area contributed by atoms with Gasteiger partial charge in [0.1, 0.15) is 5.82 Å². The molecule has 0 atom stereocenters. The summed E-state index contributed by atoms with van der Waals surface area (Å²) in [6.07, 6.45) is 4.61. The molecular formula is C17H19N3O3S. The van der Waals surface area contributed by atoms with Crippen molar-refractivity contribution in [2.45, 2.75) is 11.8 Å². The van der Waals surface area contributed by atoms with Crippen LogP contribution in [0.4, 0.5) is 5.82 Å². The van der Waals surface area contributed by atoms with Crippen molar-refractivity contribution in [1.29, 1.82) is 0 Å². The molecule has 0 fully saturated rings. The third-order valence-corrected chi connectivity index (χ3v) is 5.08. The number of aryl methyl sites for hydroxylation is 1. The Hall–Kier alpha value is -2.51. The van der Waals surface area contributed by atoms with Gasteiger partial charge < -0.3 is 5.32 Å². The van der Waals surface area contributed by atoms with Crippen molar-refractivity contribution in [3.63, 3.8) is 0 Å². The molecule has 126 valence electrons. The van der Waals surface area contributed by atoms with E-state index in [0.29, 0.717) is 5.82 Å². The highest BCUT2D eigenvalue weighted by Gasteiger charge is 2.16. The fourth-order valence-corrected chi connectivity index (χ4v) is 2.81. The predicted molar refractivity (Wildman–Crippen MR) is 94.0 cm³/mol. The van der Waals surface area contributed by atoms with E-state index in [2.05, 4.69) is 10.3 Å². The van der Waals surface area contributed by atoms with Gasteiger partial charge in [-0.3, -0.25) is 4.79 Å². The van der Waals surface area contributed by atoms with Crippen LogP contribution in [0.5, 0.6) is 0 Å². The predicted octanol–water partition coefficient (Wildman–Crippen LogP) is 2.29. The Labute approximate surface area is 141 Å². The highest BCUT2D eigenvalue weighted by molar-refractivity contribution is 7.89. The van der Waals surface area contributed by atoms with Crippen LogP contribution in [0.1, 0.15) is 11.1 Å². The highest BCUT2D eigenvalue weighted by Crippen LogP contribution is 2.14. The lowest BCUT2D eigenvalue weighted by Gasteiger charge is -2.11. The summed E-state index contributed by atoms with van der Waals surface area (Å²) in [5, 5.41) is 2.66. The minimum atomic E-state index is -3.45. The average molecular weight is 345 g/mol. The molecule has 2 rings (SSSR count). The van der Waals surface area contributed by atoms with Crippen LogP contribution in [0.15, 0.2) is 53.6 Å². The number of aromatic nitrogens is 1. The maximum atomic E-state index is 12.0. The lowest BCUT2D eigenvalue weighted by atomic mass is 10.2. The lowest BCUT2D eigenvalue weighted by Crippen LogP contribution is -2.22. The van der Waals surface area contributed by atoms with Gasteiger partial charge in [0.05, 0.1) is 4.90 Å². The molecule has 0 unspecified atom stereocenters. The number of pyridine rings is 1. The van der Waals surface area contributed by atoms with Gasteiger partial charge in [0.15, 0.2) is 0 Å². The third kappa shape index (κ3) is 4.50. The first-order valence-electron chi connectivity index (χ1n) is 7.23. The zero-order valence-corrected chi connectivity index (χ0v) is 14.5. The number of carbonyl (C=O) groups excluding carboxylic acids is 1. The van der Waals surface area contributed by atoms with Crippen molar-refractivity contribution in [2.24, 2.45) is 0 Å². The second-order valence-corrected chi connectivity index (χ2v) is 7.55. The van der Waals surface area contributed by atoms with E-state index in [1.165, 1.54) is 32.3 Å². The number of rotatable bonds is 5. The van der Waals surface area contributed by atoms with E-state index in [1.54, 1.807) is 30.5 Å². The Morgan fingerprint density at radius 3 is 2.42 bits per heavy atom. The smallest absolute Gasteiger partial charge is 0.249 e. The maximum Gasteiger partial charge on any atom is 0.249 e. The van der Waals surface area contributed by atoms with Crippen molar-refractivity contribution < 1.29 is 13.2 Å². The van der Waals surface area contributed by atoms with E-state index in [0.717, 1.165) is 15.4 Å². The molecule has 1 heterocycles. The number of benzene rings is 1. The Balaban J connectivity index is 2.05. The van der Waals surface area contributed by atoms with E-state index < -0.39 is 10.0 Å². The number of nitrogens with one attached hydrogen (secondary N) is 1. The summed E-state index contributed by atoms with van der Waals surface area (Å²) < 4.78 is 25.1. The second-order valence-electron chi connectivity index (χ2n) is 5.40. The van der Waals surface area contributed by atoms with Gasteiger partial charge in [-0.1, -0.05) is 12.1 Å². The Morgan fingerprint density at radius 2 is 1.83 bits per heavy atom. The third-order valence-electron chi connectivity index (χ3n) is 3.25. The first kappa shape index (κ1) is 17.8. The molecule has 2 aromatic rings. The molecule has 7 heteroatoms. The molecule has 1 aromatic carbocycles. The molecule has 1 N–H and O–H groups in total. The summed E-state index contributed by atoms with van der Waals surface area (Å²) in [4.78, 5) is 16.1. The van der Waals surface area contributed by atoms with E-state index in [1.807, 2.05) is 13.0 Å². The number of amides is 1. The van der Waals surface area contributed by atoms with Crippen LogP contribution in [0.25, 0.3) is 6.08 Å². The van der Waals surface area contributed by atoms with Crippen LogP contribution < -0.4 is 5.32 Å². The van der Waals surface area contributed by atoms with Crippen LogP contribution >= 0.6 is 0 Å². The molecule has 24 heavy (non-hydrogen) atoms. The number of sulfonamides is 1. The molecule has 0 aliphatic heterocycles. The quantitative estimate of drug-likeness (QED) is 0.843. The van der Waals surface area contributed by atoms with Crippen LogP contribution in [0.2, 0.25) is 0 Å². The van der Waals surface area contributed by atoms with E-state index >= 15 is 0 Å². The molecule has 0 spiro atoms. The molecule has 0 aliphatic carbocycles. The molecule has 0 saturated heterocycles. The maximum absolute atomic E-state index is 12.0. The van der Waals surface area contributed by atoms with Crippen molar-refractivity contribution >= 4 is 27.8 Å². The summed E-state index contributed by atoms with van der Waals surface area (Å²) in [7, 11) is -0.490. The van der Waals surface area contributed by atoms with Gasteiger partial charge in [-0.15, -0.1) is 0 Å². The summed E-state index contributed by atoms with van der Waals surface area (Å²) in [5.41, 5.74) is 1.72. The van der Waals surface area contributed by atoms with Crippen LogP contribution in [0, 0.1) is 6.92 Å². The number of hydrogen-bond donors (Lipinski definition) is 1. The fourth-order valence-electron chi connectivity index (χ4n) is 1.91. The van der Waals surface area contributed by atoms with Gasteiger partial charge >= 0.3 is 0 Å². The molecule has 0 saturated carbocycles.